The number of rotatable bonds is 4. The molecule has 2 nitrogen and oxygen atoms in total. The maximum Gasteiger partial charge on any atom is 0.123 e. The Balaban J connectivity index is 2.29. The van der Waals surface area contributed by atoms with Gasteiger partial charge in [0.2, 0.25) is 0 Å². The van der Waals surface area contributed by atoms with Crippen LogP contribution in [0.5, 0.6) is 0 Å². The molecule has 0 bridgehead atoms. The standard InChI is InChI=1S/C14H16ClFN2S/c1-8-14(19-9(2)18-8)13(17-3)7-10-6-11(16)4-5-12(10)15/h4-6,13,17H,7H2,1-3H3. The predicted octanol–water partition coefficient (Wildman–Crippen LogP) is 4.06. The lowest BCUT2D eigenvalue weighted by Crippen LogP contribution is -2.18. The number of nitrogens with one attached hydrogen (secondary N) is 1. The Hall–Kier alpha value is -0.970. The highest BCUT2D eigenvalue weighted by Crippen LogP contribution is 2.29. The third-order valence-corrected chi connectivity index (χ3v) is 4.59. The summed E-state index contributed by atoms with van der Waals surface area (Å²) in [4.78, 5) is 5.61. The van der Waals surface area contributed by atoms with Gasteiger partial charge in [-0.1, -0.05) is 11.6 Å². The average Bonchev–Trinajstić information content (AvgIpc) is 2.69. The Morgan fingerprint density at radius 1 is 1.42 bits per heavy atom. The van der Waals surface area contributed by atoms with Crippen molar-refractivity contribution in [3.8, 4) is 0 Å². The van der Waals surface area contributed by atoms with Gasteiger partial charge in [-0.05, 0) is 51.1 Å². The van der Waals surface area contributed by atoms with Crippen molar-refractivity contribution in [2.24, 2.45) is 0 Å². The number of halogens is 2. The first-order valence-electron chi connectivity index (χ1n) is 6.06. The van der Waals surface area contributed by atoms with Gasteiger partial charge in [-0.25, -0.2) is 9.37 Å². The molecule has 5 heteroatoms. The molecule has 2 aromatic rings. The Labute approximate surface area is 121 Å². The highest BCUT2D eigenvalue weighted by Gasteiger charge is 2.17. The Kier molecular flexibility index (Phi) is 4.55. The minimum Gasteiger partial charge on any atom is -0.312 e. The van der Waals surface area contributed by atoms with Crippen LogP contribution in [-0.4, -0.2) is 12.0 Å². The first kappa shape index (κ1) is 14.4. The number of likely N-dealkylation sites (N-methyl/N-ethyl adjacent to an activating group) is 1. The van der Waals surface area contributed by atoms with Crippen LogP contribution in [0.25, 0.3) is 0 Å². The van der Waals surface area contributed by atoms with Crippen molar-refractivity contribution in [2.75, 3.05) is 7.05 Å². The normalized spacial score (nSPS) is 12.7. The fourth-order valence-corrected chi connectivity index (χ4v) is 3.35. The van der Waals surface area contributed by atoms with Gasteiger partial charge in [0.1, 0.15) is 5.82 Å². The number of hydrogen-bond donors (Lipinski definition) is 1. The molecule has 1 heterocycles. The van der Waals surface area contributed by atoms with Gasteiger partial charge >= 0.3 is 0 Å². The number of aromatic nitrogens is 1. The van der Waals surface area contributed by atoms with Crippen LogP contribution >= 0.6 is 22.9 Å². The molecule has 2 rings (SSSR count). The highest BCUT2D eigenvalue weighted by molar-refractivity contribution is 7.11. The zero-order valence-corrected chi connectivity index (χ0v) is 12.7. The molecule has 0 saturated heterocycles. The Bertz CT molecular complexity index is 583. The van der Waals surface area contributed by atoms with Crippen LogP contribution < -0.4 is 5.32 Å². The first-order chi connectivity index (χ1) is 9.01. The fourth-order valence-electron chi connectivity index (χ4n) is 2.12. The van der Waals surface area contributed by atoms with Gasteiger partial charge in [0.05, 0.1) is 10.7 Å². The van der Waals surface area contributed by atoms with Crippen molar-refractivity contribution in [3.63, 3.8) is 0 Å². The van der Waals surface area contributed by atoms with Crippen molar-refractivity contribution in [3.05, 3.63) is 50.2 Å². The molecule has 0 radical (unpaired) electrons. The van der Waals surface area contributed by atoms with Crippen LogP contribution in [0.3, 0.4) is 0 Å². The Morgan fingerprint density at radius 2 is 2.16 bits per heavy atom. The second kappa shape index (κ2) is 5.99. The van der Waals surface area contributed by atoms with Crippen molar-refractivity contribution < 1.29 is 4.39 Å². The molecule has 0 aliphatic carbocycles. The fraction of sp³-hybridized carbons (Fsp3) is 0.357. The zero-order valence-electron chi connectivity index (χ0n) is 11.1. The molecule has 0 saturated carbocycles. The van der Waals surface area contributed by atoms with Crippen molar-refractivity contribution in [1.82, 2.24) is 10.3 Å². The molecule has 1 atom stereocenters. The summed E-state index contributed by atoms with van der Waals surface area (Å²) < 4.78 is 13.3. The van der Waals surface area contributed by atoms with Gasteiger partial charge in [0.15, 0.2) is 0 Å². The minimum atomic E-state index is -0.258. The molecule has 1 aromatic carbocycles. The average molecular weight is 299 g/mol. The van der Waals surface area contributed by atoms with E-state index in [2.05, 4.69) is 10.3 Å². The van der Waals surface area contributed by atoms with Crippen LogP contribution in [0.1, 0.15) is 27.2 Å². The number of thiazole rings is 1. The zero-order chi connectivity index (χ0) is 14.0. The van der Waals surface area contributed by atoms with E-state index in [4.69, 9.17) is 11.6 Å². The molecule has 19 heavy (non-hydrogen) atoms. The molecule has 0 aliphatic rings. The number of nitrogens with zero attached hydrogens (tertiary/aromatic N) is 1. The first-order valence-corrected chi connectivity index (χ1v) is 7.26. The number of hydrogen-bond acceptors (Lipinski definition) is 3. The van der Waals surface area contributed by atoms with Crippen LogP contribution in [0.15, 0.2) is 18.2 Å². The van der Waals surface area contributed by atoms with Crippen LogP contribution in [0, 0.1) is 19.7 Å². The largest absolute Gasteiger partial charge is 0.312 e. The summed E-state index contributed by atoms with van der Waals surface area (Å²) in [6.45, 7) is 3.99. The van der Waals surface area contributed by atoms with E-state index in [9.17, 15) is 4.39 Å². The lowest BCUT2D eigenvalue weighted by Gasteiger charge is -2.16. The quantitative estimate of drug-likeness (QED) is 0.921. The topological polar surface area (TPSA) is 24.9 Å². The van der Waals surface area contributed by atoms with Crippen molar-refractivity contribution >= 4 is 22.9 Å². The molecule has 1 unspecified atom stereocenters. The predicted molar refractivity (Wildman–Crippen MR) is 78.5 cm³/mol. The number of aryl methyl sites for hydroxylation is 2. The van der Waals surface area contributed by atoms with Gasteiger partial charge in [0, 0.05) is 15.9 Å². The van der Waals surface area contributed by atoms with Crippen LogP contribution in [0.4, 0.5) is 4.39 Å². The van der Waals surface area contributed by atoms with Gasteiger partial charge in [0.25, 0.3) is 0 Å². The molecular weight excluding hydrogens is 283 g/mol. The molecule has 102 valence electrons. The van der Waals surface area contributed by atoms with E-state index in [1.165, 1.54) is 17.0 Å². The molecular formula is C14H16ClFN2S. The van der Waals surface area contributed by atoms with Gasteiger partial charge in [-0.3, -0.25) is 0 Å². The van der Waals surface area contributed by atoms with Gasteiger partial charge in [-0.15, -0.1) is 11.3 Å². The molecule has 0 spiro atoms. The second-order valence-corrected chi connectivity index (χ2v) is 6.11. The van der Waals surface area contributed by atoms with E-state index >= 15 is 0 Å². The third kappa shape index (κ3) is 3.32. The maximum absolute atomic E-state index is 13.3. The highest BCUT2D eigenvalue weighted by atomic mass is 35.5. The lowest BCUT2D eigenvalue weighted by atomic mass is 10.0. The van der Waals surface area contributed by atoms with E-state index in [0.717, 1.165) is 16.3 Å². The van der Waals surface area contributed by atoms with Crippen LogP contribution in [-0.2, 0) is 6.42 Å². The molecule has 0 amide bonds. The summed E-state index contributed by atoms with van der Waals surface area (Å²) in [5.41, 5.74) is 1.83. The van der Waals surface area contributed by atoms with Gasteiger partial charge in [-0.2, -0.15) is 0 Å². The Morgan fingerprint density at radius 3 is 2.74 bits per heavy atom. The van der Waals surface area contributed by atoms with E-state index < -0.39 is 0 Å². The monoisotopic (exact) mass is 298 g/mol. The minimum absolute atomic E-state index is 0.102. The van der Waals surface area contributed by atoms with E-state index in [1.54, 1.807) is 17.4 Å². The molecule has 0 fully saturated rings. The summed E-state index contributed by atoms with van der Waals surface area (Å²) in [5.74, 6) is -0.258. The SMILES string of the molecule is CNC(Cc1cc(F)ccc1Cl)c1sc(C)nc1C. The number of benzene rings is 1. The van der Waals surface area contributed by atoms with Gasteiger partial charge < -0.3 is 5.32 Å². The second-order valence-electron chi connectivity index (χ2n) is 4.46. The molecule has 1 N–H and O–H groups in total. The summed E-state index contributed by atoms with van der Waals surface area (Å²) in [7, 11) is 1.90. The lowest BCUT2D eigenvalue weighted by molar-refractivity contribution is 0.589. The van der Waals surface area contributed by atoms with Crippen molar-refractivity contribution in [1.29, 1.82) is 0 Å². The summed E-state index contributed by atoms with van der Waals surface area (Å²) in [5, 5.41) is 4.89. The maximum atomic E-state index is 13.3. The summed E-state index contributed by atoms with van der Waals surface area (Å²) >= 11 is 7.79. The summed E-state index contributed by atoms with van der Waals surface area (Å²) in [6.07, 6.45) is 0.648. The third-order valence-electron chi connectivity index (χ3n) is 3.04. The molecule has 0 aliphatic heterocycles. The van der Waals surface area contributed by atoms with Crippen molar-refractivity contribution in [2.45, 2.75) is 26.3 Å². The smallest absolute Gasteiger partial charge is 0.123 e. The summed E-state index contributed by atoms with van der Waals surface area (Å²) in [6, 6.07) is 4.58. The van der Waals surface area contributed by atoms with E-state index in [-0.39, 0.29) is 11.9 Å². The van der Waals surface area contributed by atoms with E-state index in [1.807, 2.05) is 20.9 Å². The van der Waals surface area contributed by atoms with E-state index in [0.29, 0.717) is 11.4 Å². The molecule has 1 aromatic heterocycles. The van der Waals surface area contributed by atoms with Crippen LogP contribution in [0.2, 0.25) is 5.02 Å².